The molecule has 2 unspecified atom stereocenters. The van der Waals surface area contributed by atoms with E-state index in [1.54, 1.807) is 23.1 Å². The van der Waals surface area contributed by atoms with Gasteiger partial charge in [-0.15, -0.1) is 11.3 Å². The van der Waals surface area contributed by atoms with Crippen LogP contribution in [0.2, 0.25) is 0 Å². The second kappa shape index (κ2) is 5.30. The molecule has 1 rings (SSSR count). The van der Waals surface area contributed by atoms with Crippen molar-refractivity contribution in [3.63, 3.8) is 0 Å². The van der Waals surface area contributed by atoms with Gasteiger partial charge in [0.1, 0.15) is 4.34 Å². The number of hydrogen-bond acceptors (Lipinski definition) is 5. The van der Waals surface area contributed by atoms with Crippen molar-refractivity contribution in [3.05, 3.63) is 11.1 Å². The van der Waals surface area contributed by atoms with Crippen LogP contribution in [-0.4, -0.2) is 27.5 Å². The number of rotatable bonds is 5. The molecule has 0 fully saturated rings. The largest absolute Gasteiger partial charge is 0.394 e. The fourth-order valence-electron chi connectivity index (χ4n) is 1.32. The van der Waals surface area contributed by atoms with Crippen molar-refractivity contribution in [3.8, 4) is 0 Å². The minimum Gasteiger partial charge on any atom is -0.394 e. The molecular weight excluding hydrogens is 228 g/mol. The summed E-state index contributed by atoms with van der Waals surface area (Å²) in [6, 6.07) is 0. The third-order valence-electron chi connectivity index (χ3n) is 2.01. The second-order valence-electron chi connectivity index (χ2n) is 4.20. The summed E-state index contributed by atoms with van der Waals surface area (Å²) < 4.78 is 1.08. The van der Waals surface area contributed by atoms with Crippen molar-refractivity contribution in [2.75, 3.05) is 6.61 Å². The van der Waals surface area contributed by atoms with Crippen LogP contribution in [0.5, 0.6) is 0 Å². The monoisotopic (exact) mass is 246 g/mol. The molecule has 0 amide bonds. The highest BCUT2D eigenvalue weighted by Gasteiger charge is 2.21. The Bertz CT molecular complexity index is 312. The van der Waals surface area contributed by atoms with Crippen LogP contribution in [0.4, 0.5) is 0 Å². The van der Waals surface area contributed by atoms with E-state index in [4.69, 9.17) is 10.8 Å². The fourth-order valence-corrected chi connectivity index (χ4v) is 3.71. The Balaban J connectivity index is 2.46. The number of thiazole rings is 1. The van der Waals surface area contributed by atoms with E-state index >= 15 is 0 Å². The maximum atomic E-state index is 9.07. The van der Waals surface area contributed by atoms with E-state index < -0.39 is 5.54 Å². The van der Waals surface area contributed by atoms with E-state index in [0.717, 1.165) is 16.5 Å². The Kier molecular flexibility index (Phi) is 4.58. The lowest BCUT2D eigenvalue weighted by atomic mass is 9.99. The number of nitrogens with zero attached hydrogens (tertiary/aromatic N) is 1. The van der Waals surface area contributed by atoms with Gasteiger partial charge in [-0.05, 0) is 20.3 Å². The van der Waals surface area contributed by atoms with Crippen LogP contribution in [0, 0.1) is 6.92 Å². The van der Waals surface area contributed by atoms with Crippen molar-refractivity contribution < 1.29 is 5.11 Å². The number of aliphatic hydroxyl groups excluding tert-OH is 1. The zero-order chi connectivity index (χ0) is 11.5. The Morgan fingerprint density at radius 2 is 2.40 bits per heavy atom. The molecule has 0 aliphatic heterocycles. The van der Waals surface area contributed by atoms with E-state index in [0.29, 0.717) is 5.25 Å². The Hall–Kier alpha value is -0.100. The molecule has 3 nitrogen and oxygen atoms in total. The number of thioether (sulfide) groups is 1. The molecule has 0 saturated heterocycles. The van der Waals surface area contributed by atoms with E-state index in [1.165, 1.54) is 0 Å². The van der Waals surface area contributed by atoms with Crippen molar-refractivity contribution in [1.82, 2.24) is 4.98 Å². The zero-order valence-corrected chi connectivity index (χ0v) is 11.0. The quantitative estimate of drug-likeness (QED) is 0.781. The number of aliphatic hydroxyl groups is 1. The SMILES string of the molecule is Cc1csc(SC(C)CC(C)(N)CO)n1. The molecule has 0 bridgehead atoms. The molecule has 5 heteroatoms. The maximum Gasteiger partial charge on any atom is 0.150 e. The Labute approximate surface area is 99.1 Å². The van der Waals surface area contributed by atoms with Crippen molar-refractivity contribution in [1.29, 1.82) is 0 Å². The molecule has 0 aliphatic carbocycles. The smallest absolute Gasteiger partial charge is 0.150 e. The molecule has 0 radical (unpaired) electrons. The van der Waals surface area contributed by atoms with Gasteiger partial charge in [0, 0.05) is 21.9 Å². The molecule has 1 aromatic rings. The highest BCUT2D eigenvalue weighted by Crippen LogP contribution is 2.30. The van der Waals surface area contributed by atoms with Crippen molar-refractivity contribution >= 4 is 23.1 Å². The van der Waals surface area contributed by atoms with E-state index in [-0.39, 0.29) is 6.61 Å². The average molecular weight is 246 g/mol. The predicted molar refractivity (Wildman–Crippen MR) is 66.5 cm³/mol. The molecule has 0 saturated carbocycles. The number of aromatic nitrogens is 1. The summed E-state index contributed by atoms with van der Waals surface area (Å²) >= 11 is 3.38. The van der Waals surface area contributed by atoms with Crippen LogP contribution in [0.1, 0.15) is 26.0 Å². The van der Waals surface area contributed by atoms with Crippen LogP contribution in [-0.2, 0) is 0 Å². The van der Waals surface area contributed by atoms with Gasteiger partial charge < -0.3 is 10.8 Å². The average Bonchev–Trinajstić information content (AvgIpc) is 2.50. The minimum absolute atomic E-state index is 0.0226. The Morgan fingerprint density at radius 1 is 1.73 bits per heavy atom. The molecule has 0 aliphatic rings. The molecule has 3 N–H and O–H groups in total. The first-order chi connectivity index (χ1) is 6.93. The van der Waals surface area contributed by atoms with Crippen LogP contribution in [0.25, 0.3) is 0 Å². The minimum atomic E-state index is -0.487. The van der Waals surface area contributed by atoms with Crippen LogP contribution in [0.3, 0.4) is 0 Å². The normalized spacial score (nSPS) is 17.4. The predicted octanol–water partition coefficient (Wildman–Crippen LogP) is 2.03. The lowest BCUT2D eigenvalue weighted by Crippen LogP contribution is -2.42. The second-order valence-corrected chi connectivity index (χ2v) is 6.74. The van der Waals surface area contributed by atoms with Gasteiger partial charge in [0.25, 0.3) is 0 Å². The van der Waals surface area contributed by atoms with Crippen LogP contribution < -0.4 is 5.73 Å². The van der Waals surface area contributed by atoms with Gasteiger partial charge in [0.15, 0.2) is 0 Å². The van der Waals surface area contributed by atoms with E-state index in [1.807, 2.05) is 19.2 Å². The van der Waals surface area contributed by atoms with E-state index in [9.17, 15) is 0 Å². The third kappa shape index (κ3) is 4.51. The van der Waals surface area contributed by atoms with E-state index in [2.05, 4.69) is 11.9 Å². The summed E-state index contributed by atoms with van der Waals surface area (Å²) in [5.74, 6) is 0. The summed E-state index contributed by atoms with van der Waals surface area (Å²) in [6.45, 7) is 6.00. The molecule has 2 atom stereocenters. The Morgan fingerprint density at radius 3 is 2.87 bits per heavy atom. The third-order valence-corrected chi connectivity index (χ3v) is 4.21. The summed E-state index contributed by atoms with van der Waals surface area (Å²) in [4.78, 5) is 4.38. The van der Waals surface area contributed by atoms with Gasteiger partial charge in [0.05, 0.1) is 6.61 Å². The first kappa shape index (κ1) is 13.0. The molecule has 86 valence electrons. The summed E-state index contributed by atoms with van der Waals surface area (Å²) in [6.07, 6.45) is 0.785. The highest BCUT2D eigenvalue weighted by molar-refractivity contribution is 8.01. The zero-order valence-electron chi connectivity index (χ0n) is 9.36. The summed E-state index contributed by atoms with van der Waals surface area (Å²) in [5.41, 5.74) is 6.47. The molecule has 1 heterocycles. The van der Waals surface area contributed by atoms with Gasteiger partial charge in [-0.2, -0.15) is 0 Å². The number of nitrogens with two attached hydrogens (primary N) is 1. The lowest BCUT2D eigenvalue weighted by molar-refractivity contribution is 0.201. The van der Waals surface area contributed by atoms with Crippen LogP contribution in [0.15, 0.2) is 9.72 Å². The molecule has 0 aromatic carbocycles. The van der Waals surface area contributed by atoms with Gasteiger partial charge in [-0.25, -0.2) is 4.98 Å². The molecular formula is C10H18N2OS2. The first-order valence-corrected chi connectivity index (χ1v) is 6.67. The maximum absolute atomic E-state index is 9.07. The topological polar surface area (TPSA) is 59.1 Å². The number of hydrogen-bond donors (Lipinski definition) is 2. The highest BCUT2D eigenvalue weighted by atomic mass is 32.2. The molecule has 0 spiro atoms. The fraction of sp³-hybridized carbons (Fsp3) is 0.700. The van der Waals surface area contributed by atoms with Crippen molar-refractivity contribution in [2.24, 2.45) is 5.73 Å². The first-order valence-electron chi connectivity index (χ1n) is 4.91. The molecule has 15 heavy (non-hydrogen) atoms. The lowest BCUT2D eigenvalue weighted by Gasteiger charge is -2.24. The van der Waals surface area contributed by atoms with Crippen molar-refractivity contribution in [2.45, 2.75) is 42.3 Å². The van der Waals surface area contributed by atoms with Crippen LogP contribution >= 0.6 is 23.1 Å². The van der Waals surface area contributed by atoms with Gasteiger partial charge >= 0.3 is 0 Å². The summed E-state index contributed by atoms with van der Waals surface area (Å²) in [5, 5.41) is 11.5. The van der Waals surface area contributed by atoms with Gasteiger partial charge in [0.2, 0.25) is 0 Å². The standard InChI is InChI=1S/C10H18N2OS2/c1-7-5-14-9(12-7)15-8(2)4-10(3,11)6-13/h5,8,13H,4,6,11H2,1-3H3. The molecule has 1 aromatic heterocycles. The van der Waals surface area contributed by atoms with Gasteiger partial charge in [-0.1, -0.05) is 18.7 Å². The number of aryl methyl sites for hydroxylation is 1. The summed E-state index contributed by atoms with van der Waals surface area (Å²) in [7, 11) is 0. The van der Waals surface area contributed by atoms with Gasteiger partial charge in [-0.3, -0.25) is 0 Å².